The van der Waals surface area contributed by atoms with Crippen molar-refractivity contribution in [2.75, 3.05) is 0 Å². The topological polar surface area (TPSA) is 26.0 Å². The van der Waals surface area contributed by atoms with E-state index >= 15 is 0 Å². The molecule has 0 aromatic heterocycles. The third-order valence-electron chi connectivity index (χ3n) is 4.31. The van der Waals surface area contributed by atoms with Crippen LogP contribution in [0.3, 0.4) is 0 Å². The molecule has 100 valence electrons. The molecular weight excluding hydrogens is 239 g/mol. The molecule has 1 atom stereocenters. The van der Waals surface area contributed by atoms with Gasteiger partial charge in [-0.25, -0.2) is 0 Å². The maximum atomic E-state index is 12.5. The first-order chi connectivity index (χ1) is 8.17. The zero-order valence-electron chi connectivity index (χ0n) is 10.6. The molecule has 0 saturated heterocycles. The van der Waals surface area contributed by atoms with Crippen molar-refractivity contribution in [1.82, 2.24) is 0 Å². The van der Waals surface area contributed by atoms with Gasteiger partial charge in [-0.05, 0) is 36.0 Å². The summed E-state index contributed by atoms with van der Waals surface area (Å²) in [5.74, 6) is 0. The first kappa shape index (κ1) is 13.4. The summed E-state index contributed by atoms with van der Waals surface area (Å²) < 4.78 is 37.5. The van der Waals surface area contributed by atoms with E-state index in [0.717, 1.165) is 37.0 Å². The van der Waals surface area contributed by atoms with Crippen LogP contribution in [0, 0.1) is 5.41 Å². The van der Waals surface area contributed by atoms with E-state index < -0.39 is 17.3 Å². The van der Waals surface area contributed by atoms with Crippen LogP contribution in [0.15, 0.2) is 24.3 Å². The molecule has 0 heterocycles. The molecule has 1 aromatic rings. The lowest BCUT2D eigenvalue weighted by Gasteiger charge is -2.38. The zero-order valence-corrected chi connectivity index (χ0v) is 10.6. The van der Waals surface area contributed by atoms with E-state index in [0.29, 0.717) is 0 Å². The van der Waals surface area contributed by atoms with Crippen molar-refractivity contribution >= 4 is 0 Å². The van der Waals surface area contributed by atoms with Gasteiger partial charge in [0.05, 0.1) is 5.56 Å². The molecule has 0 amide bonds. The molecule has 0 spiro atoms. The first-order valence-corrected chi connectivity index (χ1v) is 6.13. The van der Waals surface area contributed by atoms with Crippen LogP contribution in [0.2, 0.25) is 0 Å². The molecule has 1 aliphatic carbocycles. The highest BCUT2D eigenvalue weighted by atomic mass is 19.4. The fourth-order valence-electron chi connectivity index (χ4n) is 2.86. The third-order valence-corrected chi connectivity index (χ3v) is 4.31. The Morgan fingerprint density at radius 3 is 2.00 bits per heavy atom. The molecule has 0 radical (unpaired) electrons. The number of alkyl halides is 3. The largest absolute Gasteiger partial charge is 0.416 e. The van der Waals surface area contributed by atoms with Gasteiger partial charge in [-0.1, -0.05) is 32.4 Å². The summed E-state index contributed by atoms with van der Waals surface area (Å²) in [5, 5.41) is 0. The second-order valence-electron chi connectivity index (χ2n) is 5.78. The number of benzene rings is 1. The molecule has 4 heteroatoms. The van der Waals surface area contributed by atoms with Crippen LogP contribution in [0.25, 0.3) is 0 Å². The SMILES string of the molecule is CC1(C)CCCC1(N)c1ccc(C(F)(F)F)cc1. The Morgan fingerprint density at radius 1 is 1.06 bits per heavy atom. The Hall–Kier alpha value is -1.03. The Kier molecular flexibility index (Phi) is 2.97. The molecule has 2 rings (SSSR count). The maximum Gasteiger partial charge on any atom is 0.416 e. The van der Waals surface area contributed by atoms with Crippen LogP contribution in [0.1, 0.15) is 44.2 Å². The molecule has 18 heavy (non-hydrogen) atoms. The van der Waals surface area contributed by atoms with Crippen molar-refractivity contribution in [3.63, 3.8) is 0 Å². The van der Waals surface area contributed by atoms with Gasteiger partial charge in [0.15, 0.2) is 0 Å². The highest BCUT2D eigenvalue weighted by Gasteiger charge is 2.47. The number of halogens is 3. The minimum Gasteiger partial charge on any atom is -0.321 e. The second-order valence-corrected chi connectivity index (χ2v) is 5.78. The van der Waals surface area contributed by atoms with Crippen molar-refractivity contribution in [3.05, 3.63) is 35.4 Å². The Bertz CT molecular complexity index is 433. The summed E-state index contributed by atoms with van der Waals surface area (Å²) in [6, 6.07) is 5.29. The Morgan fingerprint density at radius 2 is 1.61 bits per heavy atom. The lowest BCUT2D eigenvalue weighted by Crippen LogP contribution is -2.45. The summed E-state index contributed by atoms with van der Waals surface area (Å²) in [5.41, 5.74) is 6.03. The van der Waals surface area contributed by atoms with Crippen LogP contribution in [-0.2, 0) is 11.7 Å². The van der Waals surface area contributed by atoms with Gasteiger partial charge in [0.25, 0.3) is 0 Å². The van der Waals surface area contributed by atoms with Gasteiger partial charge in [0, 0.05) is 5.54 Å². The number of nitrogens with two attached hydrogens (primary N) is 1. The fourth-order valence-corrected chi connectivity index (χ4v) is 2.86. The van der Waals surface area contributed by atoms with Crippen molar-refractivity contribution in [2.24, 2.45) is 11.1 Å². The van der Waals surface area contributed by atoms with Crippen molar-refractivity contribution in [3.8, 4) is 0 Å². The average molecular weight is 257 g/mol. The van der Waals surface area contributed by atoms with E-state index in [1.807, 2.05) is 0 Å². The van der Waals surface area contributed by atoms with E-state index in [-0.39, 0.29) is 5.41 Å². The quantitative estimate of drug-likeness (QED) is 0.806. The summed E-state index contributed by atoms with van der Waals surface area (Å²) in [6.45, 7) is 4.16. The van der Waals surface area contributed by atoms with E-state index in [1.165, 1.54) is 12.1 Å². The van der Waals surface area contributed by atoms with Crippen molar-refractivity contribution in [1.29, 1.82) is 0 Å². The van der Waals surface area contributed by atoms with Crippen LogP contribution >= 0.6 is 0 Å². The average Bonchev–Trinajstić information content (AvgIpc) is 2.54. The lowest BCUT2D eigenvalue weighted by molar-refractivity contribution is -0.137. The predicted molar refractivity (Wildman–Crippen MR) is 64.9 cm³/mol. The van der Waals surface area contributed by atoms with Crippen LogP contribution in [0.4, 0.5) is 13.2 Å². The van der Waals surface area contributed by atoms with Crippen molar-refractivity contribution in [2.45, 2.75) is 44.8 Å². The molecule has 2 N–H and O–H groups in total. The van der Waals surface area contributed by atoms with Crippen LogP contribution in [-0.4, -0.2) is 0 Å². The summed E-state index contributed by atoms with van der Waals surface area (Å²) >= 11 is 0. The molecule has 1 saturated carbocycles. The molecule has 1 unspecified atom stereocenters. The first-order valence-electron chi connectivity index (χ1n) is 6.13. The molecule has 0 aliphatic heterocycles. The highest BCUT2D eigenvalue weighted by Crippen LogP contribution is 2.50. The molecular formula is C14H18F3N. The van der Waals surface area contributed by atoms with Crippen molar-refractivity contribution < 1.29 is 13.2 Å². The third kappa shape index (κ3) is 2.03. The molecule has 1 fully saturated rings. The van der Waals surface area contributed by atoms with Crippen LogP contribution < -0.4 is 5.73 Å². The maximum absolute atomic E-state index is 12.5. The van der Waals surface area contributed by atoms with Gasteiger partial charge >= 0.3 is 6.18 Å². The van der Waals surface area contributed by atoms with E-state index in [9.17, 15) is 13.2 Å². The lowest BCUT2D eigenvalue weighted by atomic mass is 9.71. The monoisotopic (exact) mass is 257 g/mol. The molecule has 1 aliphatic rings. The van der Waals surface area contributed by atoms with Gasteiger partial charge in [-0.15, -0.1) is 0 Å². The molecule has 0 bridgehead atoms. The van der Waals surface area contributed by atoms with E-state index in [1.54, 1.807) is 0 Å². The zero-order chi connectivity index (χ0) is 13.6. The van der Waals surface area contributed by atoms with Gasteiger partial charge in [-0.3, -0.25) is 0 Å². The molecule has 1 nitrogen and oxygen atoms in total. The second kappa shape index (κ2) is 3.98. The van der Waals surface area contributed by atoms with Gasteiger partial charge < -0.3 is 5.73 Å². The number of rotatable bonds is 1. The predicted octanol–water partition coefficient (Wildman–Crippen LogP) is 4.07. The van der Waals surface area contributed by atoms with Gasteiger partial charge in [-0.2, -0.15) is 13.2 Å². The van der Waals surface area contributed by atoms with Gasteiger partial charge in [0.2, 0.25) is 0 Å². The smallest absolute Gasteiger partial charge is 0.321 e. The minimum atomic E-state index is -4.29. The van der Waals surface area contributed by atoms with Crippen LogP contribution in [0.5, 0.6) is 0 Å². The highest BCUT2D eigenvalue weighted by molar-refractivity contribution is 5.32. The molecule has 1 aromatic carbocycles. The normalized spacial score (nSPS) is 27.4. The Labute approximate surface area is 105 Å². The number of hydrogen-bond donors (Lipinski definition) is 1. The summed E-state index contributed by atoms with van der Waals surface area (Å²) in [6.07, 6.45) is -1.44. The van der Waals surface area contributed by atoms with E-state index in [2.05, 4.69) is 13.8 Å². The van der Waals surface area contributed by atoms with Gasteiger partial charge in [0.1, 0.15) is 0 Å². The summed E-state index contributed by atoms with van der Waals surface area (Å²) in [4.78, 5) is 0. The number of hydrogen-bond acceptors (Lipinski definition) is 1. The Balaban J connectivity index is 2.36. The van der Waals surface area contributed by atoms with E-state index in [4.69, 9.17) is 5.73 Å². The summed E-state index contributed by atoms with van der Waals surface area (Å²) in [7, 11) is 0. The standard InChI is InChI=1S/C14H18F3N/c1-12(2)8-3-9-13(12,18)10-4-6-11(7-5-10)14(15,16)17/h4-7H,3,8-9,18H2,1-2H3. The minimum absolute atomic E-state index is 0.0766. The fraction of sp³-hybridized carbons (Fsp3) is 0.571.